The highest BCUT2D eigenvalue weighted by atomic mass is 16.5. The topological polar surface area (TPSA) is 90.9 Å². The van der Waals surface area contributed by atoms with Gasteiger partial charge in [-0.25, -0.2) is 0 Å². The van der Waals surface area contributed by atoms with Crippen LogP contribution in [0.5, 0.6) is 5.88 Å². The molecule has 0 spiro atoms. The third-order valence-corrected chi connectivity index (χ3v) is 2.40. The average molecular weight is 248 g/mol. The van der Waals surface area contributed by atoms with Gasteiger partial charge in [0, 0.05) is 7.05 Å². The highest BCUT2D eigenvalue weighted by molar-refractivity contribution is 5.53. The number of hydrogen-bond donors (Lipinski definition) is 2. The van der Waals surface area contributed by atoms with Crippen LogP contribution in [-0.4, -0.2) is 26.4 Å². The summed E-state index contributed by atoms with van der Waals surface area (Å²) in [5.41, 5.74) is 6.28. The number of hydrogen-bond acceptors (Lipinski definition) is 6. The molecule has 0 aromatic carbocycles. The molecule has 3 N–H and O–H groups in total. The maximum absolute atomic E-state index is 5.75. The van der Waals surface area contributed by atoms with E-state index in [1.165, 1.54) is 0 Å². The van der Waals surface area contributed by atoms with Crippen molar-refractivity contribution < 1.29 is 4.74 Å². The van der Waals surface area contributed by atoms with Gasteiger partial charge in [-0.05, 0) is 19.1 Å². The molecule has 0 aliphatic heterocycles. The third kappa shape index (κ3) is 2.68. The van der Waals surface area contributed by atoms with E-state index in [0.717, 1.165) is 5.82 Å². The van der Waals surface area contributed by atoms with Crippen molar-refractivity contribution in [2.75, 3.05) is 17.7 Å². The molecule has 2 aromatic heterocycles. The van der Waals surface area contributed by atoms with E-state index < -0.39 is 0 Å². The number of nitrogen functional groups attached to an aromatic ring is 1. The third-order valence-electron chi connectivity index (χ3n) is 2.40. The number of nitrogens with one attached hydrogen (secondary N) is 1. The Kier molecular flexibility index (Phi) is 3.61. The number of pyridine rings is 1. The lowest BCUT2D eigenvalue weighted by atomic mass is 10.4. The van der Waals surface area contributed by atoms with Gasteiger partial charge >= 0.3 is 0 Å². The van der Waals surface area contributed by atoms with E-state index in [1.54, 1.807) is 18.5 Å². The van der Waals surface area contributed by atoms with Crippen molar-refractivity contribution in [2.45, 2.75) is 13.5 Å². The minimum absolute atomic E-state index is 0.445. The molecule has 0 saturated heterocycles. The number of anilines is 2. The van der Waals surface area contributed by atoms with Crippen molar-refractivity contribution in [3.8, 4) is 5.88 Å². The van der Waals surface area contributed by atoms with Crippen LogP contribution in [0.1, 0.15) is 12.7 Å². The Morgan fingerprint density at radius 2 is 2.28 bits per heavy atom. The molecule has 0 fully saturated rings. The fourth-order valence-corrected chi connectivity index (χ4v) is 1.44. The zero-order chi connectivity index (χ0) is 13.0. The van der Waals surface area contributed by atoms with Gasteiger partial charge < -0.3 is 20.4 Å². The molecule has 2 rings (SSSR count). The monoisotopic (exact) mass is 248 g/mol. The average Bonchev–Trinajstić information content (AvgIpc) is 2.76. The normalized spacial score (nSPS) is 10.3. The highest BCUT2D eigenvalue weighted by Crippen LogP contribution is 2.20. The summed E-state index contributed by atoms with van der Waals surface area (Å²) in [4.78, 5) is 4.28. The summed E-state index contributed by atoms with van der Waals surface area (Å²) in [6, 6.07) is 3.56. The van der Waals surface area contributed by atoms with Crippen molar-refractivity contribution >= 4 is 11.5 Å². The molecule has 7 nitrogen and oxygen atoms in total. The Hall–Kier alpha value is -2.31. The zero-order valence-electron chi connectivity index (χ0n) is 10.4. The Bertz CT molecular complexity index is 524. The largest absolute Gasteiger partial charge is 0.476 e. The standard InChI is InChI=1S/C11H16N6O/c1-3-18-11-8(12)4-5-9(15-11)13-6-10-16-14-7-17(10)2/h4-5,7H,3,6,12H2,1-2H3,(H,13,15). The molecule has 0 aliphatic rings. The van der Waals surface area contributed by atoms with Gasteiger partial charge in [0.1, 0.15) is 12.1 Å². The lowest BCUT2D eigenvalue weighted by Crippen LogP contribution is -2.08. The molecule has 2 heterocycles. The van der Waals surface area contributed by atoms with Crippen LogP contribution < -0.4 is 15.8 Å². The number of rotatable bonds is 5. The first-order valence-corrected chi connectivity index (χ1v) is 5.66. The Labute approximate surface area is 105 Å². The number of nitrogens with zero attached hydrogens (tertiary/aromatic N) is 4. The van der Waals surface area contributed by atoms with Gasteiger partial charge in [-0.15, -0.1) is 10.2 Å². The van der Waals surface area contributed by atoms with Crippen LogP contribution >= 0.6 is 0 Å². The number of aromatic nitrogens is 4. The first kappa shape index (κ1) is 12.2. The van der Waals surface area contributed by atoms with Crippen LogP contribution in [0.2, 0.25) is 0 Å². The number of ether oxygens (including phenoxy) is 1. The van der Waals surface area contributed by atoms with Gasteiger partial charge in [-0.2, -0.15) is 4.98 Å². The summed E-state index contributed by atoms with van der Waals surface area (Å²) in [5, 5.41) is 10.9. The lowest BCUT2D eigenvalue weighted by Gasteiger charge is -2.09. The van der Waals surface area contributed by atoms with Crippen molar-refractivity contribution in [3.63, 3.8) is 0 Å². The Balaban J connectivity index is 2.05. The zero-order valence-corrected chi connectivity index (χ0v) is 10.4. The molecule has 2 aromatic rings. The van der Waals surface area contributed by atoms with Crippen molar-refractivity contribution in [1.82, 2.24) is 19.7 Å². The minimum Gasteiger partial charge on any atom is -0.476 e. The van der Waals surface area contributed by atoms with Crippen LogP contribution in [0, 0.1) is 0 Å². The van der Waals surface area contributed by atoms with E-state index in [4.69, 9.17) is 10.5 Å². The highest BCUT2D eigenvalue weighted by Gasteiger charge is 2.05. The van der Waals surface area contributed by atoms with Gasteiger partial charge in [0.05, 0.1) is 18.8 Å². The lowest BCUT2D eigenvalue weighted by molar-refractivity contribution is 0.329. The second-order valence-corrected chi connectivity index (χ2v) is 3.74. The summed E-state index contributed by atoms with van der Waals surface area (Å²) in [7, 11) is 1.89. The quantitative estimate of drug-likeness (QED) is 0.813. The predicted molar refractivity (Wildman–Crippen MR) is 68.1 cm³/mol. The maximum Gasteiger partial charge on any atom is 0.239 e. The second-order valence-electron chi connectivity index (χ2n) is 3.74. The number of nitrogens with two attached hydrogens (primary N) is 1. The van der Waals surface area contributed by atoms with Crippen molar-refractivity contribution in [3.05, 3.63) is 24.3 Å². The van der Waals surface area contributed by atoms with Crippen LogP contribution in [0.4, 0.5) is 11.5 Å². The maximum atomic E-state index is 5.75. The molecule has 0 amide bonds. The van der Waals surface area contributed by atoms with Crippen LogP contribution in [-0.2, 0) is 13.6 Å². The van der Waals surface area contributed by atoms with Gasteiger partial charge in [0.15, 0.2) is 5.82 Å². The summed E-state index contributed by atoms with van der Waals surface area (Å²) in [6.07, 6.45) is 1.65. The van der Waals surface area contributed by atoms with E-state index in [0.29, 0.717) is 30.5 Å². The van der Waals surface area contributed by atoms with E-state index in [-0.39, 0.29) is 0 Å². The molecule has 7 heteroatoms. The molecule has 0 radical (unpaired) electrons. The molecule has 0 unspecified atom stereocenters. The van der Waals surface area contributed by atoms with Gasteiger partial charge in [0.2, 0.25) is 5.88 Å². The molecular formula is C11H16N6O. The SMILES string of the molecule is CCOc1nc(NCc2nncn2C)ccc1N. The van der Waals surface area contributed by atoms with Crippen LogP contribution in [0.15, 0.2) is 18.5 Å². The minimum atomic E-state index is 0.445. The van der Waals surface area contributed by atoms with E-state index in [9.17, 15) is 0 Å². The first-order valence-electron chi connectivity index (χ1n) is 5.66. The van der Waals surface area contributed by atoms with Crippen LogP contribution in [0.3, 0.4) is 0 Å². The molecular weight excluding hydrogens is 232 g/mol. The molecule has 0 aliphatic carbocycles. The Morgan fingerprint density at radius 3 is 2.94 bits per heavy atom. The summed E-state index contributed by atoms with van der Waals surface area (Å²) < 4.78 is 7.17. The molecule has 0 atom stereocenters. The summed E-state index contributed by atoms with van der Waals surface area (Å²) in [5.74, 6) is 1.96. The summed E-state index contributed by atoms with van der Waals surface area (Å²) >= 11 is 0. The van der Waals surface area contributed by atoms with Crippen molar-refractivity contribution in [1.29, 1.82) is 0 Å². The van der Waals surface area contributed by atoms with Gasteiger partial charge in [-0.1, -0.05) is 0 Å². The van der Waals surface area contributed by atoms with E-state index in [1.807, 2.05) is 18.5 Å². The van der Waals surface area contributed by atoms with Gasteiger partial charge in [0.25, 0.3) is 0 Å². The molecule has 0 bridgehead atoms. The van der Waals surface area contributed by atoms with E-state index in [2.05, 4.69) is 20.5 Å². The van der Waals surface area contributed by atoms with E-state index >= 15 is 0 Å². The molecule has 96 valence electrons. The van der Waals surface area contributed by atoms with Gasteiger partial charge in [-0.3, -0.25) is 0 Å². The van der Waals surface area contributed by atoms with Crippen molar-refractivity contribution in [2.24, 2.45) is 7.05 Å². The molecule has 0 saturated carbocycles. The smallest absolute Gasteiger partial charge is 0.239 e. The Morgan fingerprint density at radius 1 is 1.44 bits per heavy atom. The molecule has 18 heavy (non-hydrogen) atoms. The number of aryl methyl sites for hydroxylation is 1. The first-order chi connectivity index (χ1) is 8.70. The second kappa shape index (κ2) is 5.35. The fraction of sp³-hybridized carbons (Fsp3) is 0.364. The van der Waals surface area contributed by atoms with Crippen LogP contribution in [0.25, 0.3) is 0 Å². The summed E-state index contributed by atoms with van der Waals surface area (Å²) in [6.45, 7) is 2.96. The fourth-order valence-electron chi connectivity index (χ4n) is 1.44. The predicted octanol–water partition coefficient (Wildman–Crippen LogP) is 0.803.